The first-order valence-electron chi connectivity index (χ1n) is 8.58. The fourth-order valence-electron chi connectivity index (χ4n) is 3.27. The summed E-state index contributed by atoms with van der Waals surface area (Å²) in [5, 5.41) is 8.18. The van der Waals surface area contributed by atoms with Gasteiger partial charge >= 0.3 is 0 Å². The first-order valence-corrected chi connectivity index (χ1v) is 8.58. The average molecular weight is 348 g/mol. The van der Waals surface area contributed by atoms with E-state index < -0.39 is 17.5 Å². The highest BCUT2D eigenvalue weighted by molar-refractivity contribution is 5.94. The molecule has 1 saturated heterocycles. The zero-order valence-corrected chi connectivity index (χ0v) is 14.5. The van der Waals surface area contributed by atoms with E-state index >= 15 is 0 Å². The molecule has 0 N–H and O–H groups in total. The van der Waals surface area contributed by atoms with Crippen molar-refractivity contribution in [3.8, 4) is 0 Å². The van der Waals surface area contributed by atoms with E-state index in [1.165, 1.54) is 0 Å². The Hall–Kier alpha value is -2.31. The van der Waals surface area contributed by atoms with Crippen LogP contribution in [0.15, 0.2) is 24.5 Å². The number of benzene rings is 1. The van der Waals surface area contributed by atoms with Crippen molar-refractivity contribution in [3.05, 3.63) is 47.5 Å². The highest BCUT2D eigenvalue weighted by Crippen LogP contribution is 2.24. The second-order valence-electron chi connectivity index (χ2n) is 6.81. The summed E-state index contributed by atoms with van der Waals surface area (Å²) < 4.78 is 29.1. The summed E-state index contributed by atoms with van der Waals surface area (Å²) in [6.07, 6.45) is 4.18. The number of nitrogens with zero attached hydrogens (tertiary/aromatic N) is 4. The average Bonchev–Trinajstić information content (AvgIpc) is 3.05. The molecule has 1 aliphatic rings. The van der Waals surface area contributed by atoms with Gasteiger partial charge in [0, 0.05) is 25.6 Å². The number of carbonyl (C=O) groups excluding carboxylic acids is 1. The van der Waals surface area contributed by atoms with Crippen molar-refractivity contribution in [2.45, 2.75) is 39.2 Å². The van der Waals surface area contributed by atoms with Gasteiger partial charge in [0.05, 0.1) is 5.56 Å². The van der Waals surface area contributed by atoms with Crippen molar-refractivity contribution in [3.63, 3.8) is 0 Å². The van der Waals surface area contributed by atoms with Crippen LogP contribution < -0.4 is 0 Å². The topological polar surface area (TPSA) is 51.0 Å². The van der Waals surface area contributed by atoms with E-state index in [-0.39, 0.29) is 5.56 Å². The second-order valence-corrected chi connectivity index (χ2v) is 6.81. The number of piperidine rings is 1. The van der Waals surface area contributed by atoms with Crippen LogP contribution in [0.25, 0.3) is 0 Å². The molecule has 0 aliphatic carbocycles. The van der Waals surface area contributed by atoms with E-state index in [2.05, 4.69) is 28.6 Å². The summed E-state index contributed by atoms with van der Waals surface area (Å²) in [5.41, 5.74) is -0.196. The van der Waals surface area contributed by atoms with Crippen LogP contribution in [-0.2, 0) is 6.42 Å². The first kappa shape index (κ1) is 17.5. The van der Waals surface area contributed by atoms with Crippen molar-refractivity contribution in [1.29, 1.82) is 0 Å². The number of amides is 1. The summed E-state index contributed by atoms with van der Waals surface area (Å²) in [4.78, 5) is 14.0. The van der Waals surface area contributed by atoms with Crippen molar-refractivity contribution in [2.24, 2.45) is 5.92 Å². The van der Waals surface area contributed by atoms with E-state index in [0.29, 0.717) is 25.0 Å². The monoisotopic (exact) mass is 348 g/mol. The third kappa shape index (κ3) is 3.86. The molecular formula is C18H22F2N4O. The minimum Gasteiger partial charge on any atom is -0.339 e. The standard InChI is InChI=1S/C18H22F2N4O/c1-12(2)24-11-21-22-17(24)9-13-5-7-23(8-6-13)18(25)15-10-14(19)3-4-16(15)20/h3-4,10-13H,5-9H2,1-2H3. The Balaban J connectivity index is 1.61. The van der Waals surface area contributed by atoms with E-state index in [1.54, 1.807) is 11.2 Å². The molecule has 2 heterocycles. The molecule has 1 aromatic carbocycles. The smallest absolute Gasteiger partial charge is 0.256 e. The van der Waals surface area contributed by atoms with Crippen LogP contribution in [0.4, 0.5) is 8.78 Å². The molecule has 2 aromatic rings. The lowest BCUT2D eigenvalue weighted by molar-refractivity contribution is 0.0684. The molecule has 3 rings (SSSR count). The van der Waals surface area contributed by atoms with Crippen LogP contribution in [0.1, 0.15) is 48.9 Å². The van der Waals surface area contributed by atoms with Crippen molar-refractivity contribution >= 4 is 5.91 Å². The Labute approximate surface area is 145 Å². The fraction of sp³-hybridized carbons (Fsp3) is 0.500. The zero-order chi connectivity index (χ0) is 18.0. The SMILES string of the molecule is CC(C)n1cnnc1CC1CCN(C(=O)c2cc(F)ccc2F)CC1. The lowest BCUT2D eigenvalue weighted by Gasteiger charge is -2.32. The molecule has 7 heteroatoms. The molecule has 25 heavy (non-hydrogen) atoms. The predicted octanol–water partition coefficient (Wildman–Crippen LogP) is 3.23. The van der Waals surface area contributed by atoms with Crippen molar-refractivity contribution < 1.29 is 13.6 Å². The molecule has 1 aromatic heterocycles. The summed E-state index contributed by atoms with van der Waals surface area (Å²) in [6, 6.07) is 3.29. The summed E-state index contributed by atoms with van der Waals surface area (Å²) >= 11 is 0. The molecule has 0 spiro atoms. The minimum atomic E-state index is -0.682. The third-order valence-electron chi connectivity index (χ3n) is 4.74. The normalized spacial score (nSPS) is 15.8. The van der Waals surface area contributed by atoms with Crippen LogP contribution >= 0.6 is 0 Å². The van der Waals surface area contributed by atoms with E-state index in [1.807, 2.05) is 0 Å². The maximum Gasteiger partial charge on any atom is 0.256 e. The van der Waals surface area contributed by atoms with Gasteiger partial charge < -0.3 is 9.47 Å². The highest BCUT2D eigenvalue weighted by Gasteiger charge is 2.26. The van der Waals surface area contributed by atoms with Gasteiger partial charge in [-0.1, -0.05) is 0 Å². The van der Waals surface area contributed by atoms with Crippen molar-refractivity contribution in [2.75, 3.05) is 13.1 Å². The molecule has 0 saturated carbocycles. The minimum absolute atomic E-state index is 0.196. The highest BCUT2D eigenvalue weighted by atomic mass is 19.1. The second kappa shape index (κ2) is 7.29. The van der Waals surface area contributed by atoms with Gasteiger partial charge in [0.2, 0.25) is 0 Å². The van der Waals surface area contributed by atoms with E-state index in [0.717, 1.165) is 43.3 Å². The molecule has 0 unspecified atom stereocenters. The molecule has 1 amide bonds. The van der Waals surface area contributed by atoms with E-state index in [4.69, 9.17) is 0 Å². The molecule has 0 radical (unpaired) electrons. The Morgan fingerprint density at radius 2 is 2.00 bits per heavy atom. The fourth-order valence-corrected chi connectivity index (χ4v) is 3.27. The number of likely N-dealkylation sites (tertiary alicyclic amines) is 1. The zero-order valence-electron chi connectivity index (χ0n) is 14.5. The summed E-state index contributed by atoms with van der Waals surface area (Å²) in [6.45, 7) is 5.24. The molecule has 134 valence electrons. The molecule has 0 bridgehead atoms. The number of rotatable bonds is 4. The van der Waals surface area contributed by atoms with Crippen LogP contribution in [0.2, 0.25) is 0 Å². The Kier molecular flexibility index (Phi) is 5.11. The Bertz CT molecular complexity index is 751. The van der Waals surface area contributed by atoms with Crippen molar-refractivity contribution in [1.82, 2.24) is 19.7 Å². The van der Waals surface area contributed by atoms with Gasteiger partial charge in [-0.3, -0.25) is 4.79 Å². The number of hydrogen-bond acceptors (Lipinski definition) is 3. The van der Waals surface area contributed by atoms with Crippen LogP contribution in [-0.4, -0.2) is 38.7 Å². The van der Waals surface area contributed by atoms with Gasteiger partial charge in [-0.25, -0.2) is 8.78 Å². The van der Waals surface area contributed by atoms with Gasteiger partial charge in [-0.05, 0) is 50.8 Å². The number of hydrogen-bond donors (Lipinski definition) is 0. The van der Waals surface area contributed by atoms with E-state index in [9.17, 15) is 13.6 Å². The predicted molar refractivity (Wildman–Crippen MR) is 89.1 cm³/mol. The number of halogens is 2. The van der Waals surface area contributed by atoms with Crippen LogP contribution in [0.5, 0.6) is 0 Å². The lowest BCUT2D eigenvalue weighted by atomic mass is 9.92. The Morgan fingerprint density at radius 3 is 2.68 bits per heavy atom. The van der Waals surface area contributed by atoms with Crippen LogP contribution in [0.3, 0.4) is 0 Å². The largest absolute Gasteiger partial charge is 0.339 e. The number of aromatic nitrogens is 3. The number of carbonyl (C=O) groups is 1. The van der Waals surface area contributed by atoms with Gasteiger partial charge in [0.1, 0.15) is 23.8 Å². The lowest BCUT2D eigenvalue weighted by Crippen LogP contribution is -2.39. The molecular weight excluding hydrogens is 326 g/mol. The van der Waals surface area contributed by atoms with Gasteiger partial charge in [0.25, 0.3) is 5.91 Å². The van der Waals surface area contributed by atoms with Gasteiger partial charge in [-0.15, -0.1) is 10.2 Å². The van der Waals surface area contributed by atoms with Gasteiger partial charge in [0.15, 0.2) is 0 Å². The molecule has 5 nitrogen and oxygen atoms in total. The van der Waals surface area contributed by atoms with Crippen LogP contribution in [0, 0.1) is 17.6 Å². The summed E-state index contributed by atoms with van der Waals surface area (Å²) in [5.74, 6) is -0.369. The molecule has 1 fully saturated rings. The maximum absolute atomic E-state index is 13.8. The first-order chi connectivity index (χ1) is 12.0. The molecule has 0 atom stereocenters. The van der Waals surface area contributed by atoms with Gasteiger partial charge in [-0.2, -0.15) is 0 Å². The maximum atomic E-state index is 13.8. The summed E-state index contributed by atoms with van der Waals surface area (Å²) in [7, 11) is 0. The Morgan fingerprint density at radius 1 is 1.28 bits per heavy atom. The third-order valence-corrected chi connectivity index (χ3v) is 4.74. The molecule has 1 aliphatic heterocycles. The quantitative estimate of drug-likeness (QED) is 0.852.